The molecule has 0 aromatic heterocycles. The predicted molar refractivity (Wildman–Crippen MR) is 95.2 cm³/mol. The van der Waals surface area contributed by atoms with Gasteiger partial charge in [0.15, 0.2) is 0 Å². The molecule has 1 rings (SSSR count). The van der Waals surface area contributed by atoms with Gasteiger partial charge in [-0.25, -0.2) is 0 Å². The molecule has 0 unspecified atom stereocenters. The fourth-order valence-corrected chi connectivity index (χ4v) is 2.83. The number of nitrogens with two attached hydrogens (primary N) is 1. The second-order valence-corrected chi connectivity index (χ2v) is 7.93. The van der Waals surface area contributed by atoms with Crippen LogP contribution in [0, 0.1) is 0 Å². The second kappa shape index (κ2) is 15.9. The molecule has 1 atom stereocenters. The normalized spacial score (nSPS) is 13.2. The van der Waals surface area contributed by atoms with Crippen molar-refractivity contribution in [2.24, 2.45) is 5.73 Å². The first kappa shape index (κ1) is 30.3. The van der Waals surface area contributed by atoms with E-state index in [2.05, 4.69) is 11.4 Å². The van der Waals surface area contributed by atoms with Crippen LogP contribution < -0.4 is 79.4 Å². The van der Waals surface area contributed by atoms with Crippen molar-refractivity contribution in [2.45, 2.75) is 64.3 Å². The molecule has 0 heterocycles. The van der Waals surface area contributed by atoms with Gasteiger partial charge in [-0.05, 0) is 43.9 Å². The molecule has 2 N–H and O–H groups in total. The molecule has 0 spiro atoms. The molecule has 0 saturated carbocycles. The second-order valence-electron chi connectivity index (χ2n) is 6.78. The van der Waals surface area contributed by atoms with Gasteiger partial charge in [-0.15, -0.1) is 0 Å². The van der Waals surface area contributed by atoms with Crippen LogP contribution in [0.15, 0.2) is 24.3 Å². The van der Waals surface area contributed by atoms with Crippen LogP contribution in [-0.4, -0.2) is 18.8 Å². The summed E-state index contributed by atoms with van der Waals surface area (Å²) in [5, 5.41) is 0. The van der Waals surface area contributed by atoms with Gasteiger partial charge in [0, 0.05) is 5.54 Å². The zero-order valence-electron chi connectivity index (χ0n) is 17.2. The van der Waals surface area contributed by atoms with Crippen molar-refractivity contribution in [3.8, 4) is 5.75 Å². The number of ether oxygens (including phenoxy) is 1. The third kappa shape index (κ3) is 16.6. The van der Waals surface area contributed by atoms with Crippen molar-refractivity contribution in [3.63, 3.8) is 0 Å². The number of phosphoric acid groups is 1. The summed E-state index contributed by atoms with van der Waals surface area (Å²) >= 11 is 0. The van der Waals surface area contributed by atoms with E-state index in [1.165, 1.54) is 25.7 Å². The molecular weight excluding hydrogens is 387 g/mol. The molecule has 1 aromatic rings. The number of benzene rings is 1. The molecule has 1 aromatic carbocycles. The summed E-state index contributed by atoms with van der Waals surface area (Å²) in [5.74, 6) is 0.844. The molecular formula is C18H30NNa2O5P. The van der Waals surface area contributed by atoms with E-state index < -0.39 is 13.4 Å². The van der Waals surface area contributed by atoms with Crippen LogP contribution in [0.4, 0.5) is 0 Å². The van der Waals surface area contributed by atoms with Crippen LogP contribution in [0.5, 0.6) is 5.75 Å². The average Bonchev–Trinajstić information content (AvgIpc) is 2.55. The van der Waals surface area contributed by atoms with Gasteiger partial charge in [0.25, 0.3) is 0 Å². The summed E-state index contributed by atoms with van der Waals surface area (Å²) in [6.07, 6.45) is 7.21. The van der Waals surface area contributed by atoms with Gasteiger partial charge in [-0.1, -0.05) is 44.7 Å². The van der Waals surface area contributed by atoms with Crippen LogP contribution in [0.25, 0.3) is 0 Å². The fraction of sp³-hybridized carbons (Fsp3) is 0.667. The van der Waals surface area contributed by atoms with Crippen LogP contribution >= 0.6 is 7.82 Å². The SMILES string of the molecule is CCCCCCCOc1ccc(CC[C@@](C)(N)COP(=O)([O-])[O-])cc1.[Na+].[Na+]. The summed E-state index contributed by atoms with van der Waals surface area (Å²) in [7, 11) is -4.98. The van der Waals surface area contributed by atoms with E-state index in [0.29, 0.717) is 12.8 Å². The van der Waals surface area contributed by atoms with E-state index in [9.17, 15) is 14.4 Å². The Morgan fingerprint density at radius 2 is 1.67 bits per heavy atom. The Bertz CT molecular complexity index is 537. The number of unbranched alkanes of at least 4 members (excludes halogenated alkanes) is 4. The Hall–Kier alpha value is 1.09. The molecule has 0 radical (unpaired) electrons. The molecule has 0 fully saturated rings. The molecule has 0 aliphatic heterocycles. The summed E-state index contributed by atoms with van der Waals surface area (Å²) in [6.45, 7) is 4.28. The molecule has 0 aliphatic rings. The Morgan fingerprint density at radius 3 is 2.22 bits per heavy atom. The maximum absolute atomic E-state index is 10.5. The van der Waals surface area contributed by atoms with E-state index in [-0.39, 0.29) is 65.7 Å². The fourth-order valence-electron chi connectivity index (χ4n) is 2.38. The first-order valence-electron chi connectivity index (χ1n) is 8.89. The van der Waals surface area contributed by atoms with Gasteiger partial charge in [0.05, 0.1) is 21.0 Å². The van der Waals surface area contributed by atoms with E-state index in [1.807, 2.05) is 24.3 Å². The number of rotatable bonds is 13. The van der Waals surface area contributed by atoms with Gasteiger partial charge < -0.3 is 29.3 Å². The standard InChI is InChI=1S/C18H32NO5P.2Na/c1-3-4-5-6-7-14-23-17-10-8-16(9-11-17)12-13-18(2,19)15-24-25(20,21)22;;/h8-11H,3-7,12-15,19H2,1-2H3,(H2,20,21,22);;/q;2*+1/p-2/t18-;;/m1../s1. The zero-order valence-corrected chi connectivity index (χ0v) is 22.1. The maximum Gasteiger partial charge on any atom is 1.00 e. The summed E-state index contributed by atoms with van der Waals surface area (Å²) in [4.78, 5) is 21.1. The molecule has 0 amide bonds. The van der Waals surface area contributed by atoms with Crippen LogP contribution in [-0.2, 0) is 15.5 Å². The predicted octanol–water partition coefficient (Wildman–Crippen LogP) is -3.46. The van der Waals surface area contributed by atoms with Gasteiger partial charge in [-0.3, -0.25) is 0 Å². The Balaban J connectivity index is 0. The topological polar surface area (TPSA) is 108 Å². The van der Waals surface area contributed by atoms with E-state index in [1.54, 1.807) is 6.92 Å². The molecule has 27 heavy (non-hydrogen) atoms. The van der Waals surface area contributed by atoms with E-state index >= 15 is 0 Å². The van der Waals surface area contributed by atoms with Crippen LogP contribution in [0.2, 0.25) is 0 Å². The van der Waals surface area contributed by atoms with Gasteiger partial charge in [0.2, 0.25) is 0 Å². The molecule has 9 heteroatoms. The maximum atomic E-state index is 10.5. The largest absolute Gasteiger partial charge is 1.00 e. The molecule has 0 bridgehead atoms. The van der Waals surface area contributed by atoms with Crippen molar-refractivity contribution < 1.29 is 82.7 Å². The smallest absolute Gasteiger partial charge is 0.790 e. The average molecular weight is 417 g/mol. The molecule has 144 valence electrons. The molecule has 6 nitrogen and oxygen atoms in total. The Kier molecular flexibility index (Phi) is 17.8. The molecule has 0 aliphatic carbocycles. The molecule has 0 saturated heterocycles. The van der Waals surface area contributed by atoms with Crippen LogP contribution in [0.1, 0.15) is 57.9 Å². The van der Waals surface area contributed by atoms with E-state index in [0.717, 1.165) is 24.3 Å². The monoisotopic (exact) mass is 417 g/mol. The first-order valence-corrected chi connectivity index (χ1v) is 10.4. The minimum atomic E-state index is -4.98. The number of phosphoric ester groups is 1. The minimum Gasteiger partial charge on any atom is -0.790 e. The van der Waals surface area contributed by atoms with Crippen molar-refractivity contribution >= 4 is 7.82 Å². The van der Waals surface area contributed by atoms with Crippen molar-refractivity contribution in [3.05, 3.63) is 29.8 Å². The Labute approximate surface area is 207 Å². The summed E-state index contributed by atoms with van der Waals surface area (Å²) < 4.78 is 20.5. The van der Waals surface area contributed by atoms with Crippen molar-refractivity contribution in [1.82, 2.24) is 0 Å². The van der Waals surface area contributed by atoms with Gasteiger partial charge in [-0.2, -0.15) is 0 Å². The van der Waals surface area contributed by atoms with Gasteiger partial charge in [0.1, 0.15) is 5.75 Å². The number of aryl methyl sites for hydroxylation is 1. The van der Waals surface area contributed by atoms with Crippen molar-refractivity contribution in [1.29, 1.82) is 0 Å². The Morgan fingerprint density at radius 1 is 1.07 bits per heavy atom. The summed E-state index contributed by atoms with van der Waals surface area (Å²) in [5.41, 5.74) is 6.16. The minimum absolute atomic E-state index is 0. The van der Waals surface area contributed by atoms with E-state index in [4.69, 9.17) is 10.5 Å². The third-order valence-electron chi connectivity index (χ3n) is 3.98. The third-order valence-corrected chi connectivity index (χ3v) is 4.42. The first-order chi connectivity index (χ1) is 11.7. The summed E-state index contributed by atoms with van der Waals surface area (Å²) in [6, 6.07) is 7.79. The van der Waals surface area contributed by atoms with Crippen molar-refractivity contribution in [2.75, 3.05) is 13.2 Å². The quantitative estimate of drug-likeness (QED) is 0.203. The van der Waals surface area contributed by atoms with Crippen LogP contribution in [0.3, 0.4) is 0 Å². The van der Waals surface area contributed by atoms with Gasteiger partial charge >= 0.3 is 59.1 Å². The number of hydrogen-bond donors (Lipinski definition) is 1. The number of hydrogen-bond acceptors (Lipinski definition) is 6. The zero-order chi connectivity index (χ0) is 18.8.